The van der Waals surface area contributed by atoms with Gasteiger partial charge in [0.25, 0.3) is 0 Å². The molecule has 2 heterocycles. The third-order valence-electron chi connectivity index (χ3n) is 4.55. The molecule has 0 aliphatic carbocycles. The number of hydrogen-bond acceptors (Lipinski definition) is 4. The number of pyridine rings is 1. The Hall–Kier alpha value is -4.07. The molecule has 8 heteroatoms. The van der Waals surface area contributed by atoms with Crippen LogP contribution in [-0.4, -0.2) is 20.9 Å². The van der Waals surface area contributed by atoms with Crippen molar-refractivity contribution < 1.29 is 18.0 Å². The average molecular weight is 420 g/mol. The van der Waals surface area contributed by atoms with E-state index in [1.807, 2.05) is 6.07 Å². The van der Waals surface area contributed by atoms with Crippen molar-refractivity contribution in [1.82, 2.24) is 15.0 Å². The van der Waals surface area contributed by atoms with Gasteiger partial charge in [0, 0.05) is 40.8 Å². The molecule has 0 bridgehead atoms. The lowest BCUT2D eigenvalue weighted by atomic mass is 10.0. The van der Waals surface area contributed by atoms with E-state index in [-0.39, 0.29) is 5.91 Å². The summed E-state index contributed by atoms with van der Waals surface area (Å²) in [6, 6.07) is 13.3. The molecule has 4 rings (SSSR count). The molecule has 0 aliphatic heterocycles. The van der Waals surface area contributed by atoms with E-state index in [1.54, 1.807) is 42.6 Å². The van der Waals surface area contributed by atoms with E-state index in [1.165, 1.54) is 12.3 Å². The van der Waals surface area contributed by atoms with Crippen molar-refractivity contribution in [3.63, 3.8) is 0 Å². The third kappa shape index (κ3) is 4.42. The molecule has 31 heavy (non-hydrogen) atoms. The standard InChI is InChI=1S/C23H15F3N4O/c1-2-21(31)29-19-5-3-4-15(10-19)22-28-12-17-8-14(6-7-20(17)30-22)16-9-18(13-27-11-16)23(24,25)26/h2-13H,1H2,(H,29,31). The molecule has 1 amide bonds. The topological polar surface area (TPSA) is 67.8 Å². The number of anilines is 1. The summed E-state index contributed by atoms with van der Waals surface area (Å²) in [4.78, 5) is 24.1. The predicted octanol–water partition coefficient (Wildman–Crippen LogP) is 5.50. The zero-order valence-electron chi connectivity index (χ0n) is 16.0. The average Bonchev–Trinajstić information content (AvgIpc) is 2.78. The SMILES string of the molecule is C=CC(=O)Nc1cccc(-c2ncc3cc(-c4cncc(C(F)(F)F)c4)ccc3n2)c1. The minimum atomic E-state index is -4.46. The first-order chi connectivity index (χ1) is 14.8. The van der Waals surface area contributed by atoms with Crippen molar-refractivity contribution in [3.8, 4) is 22.5 Å². The highest BCUT2D eigenvalue weighted by Gasteiger charge is 2.31. The van der Waals surface area contributed by atoms with Gasteiger partial charge in [0.1, 0.15) is 0 Å². The predicted molar refractivity (Wildman–Crippen MR) is 112 cm³/mol. The third-order valence-corrected chi connectivity index (χ3v) is 4.55. The first-order valence-corrected chi connectivity index (χ1v) is 9.17. The number of benzene rings is 2. The number of amides is 1. The normalized spacial score (nSPS) is 11.3. The van der Waals surface area contributed by atoms with Crippen molar-refractivity contribution in [2.45, 2.75) is 6.18 Å². The van der Waals surface area contributed by atoms with Crippen molar-refractivity contribution >= 4 is 22.5 Å². The number of fused-ring (bicyclic) bond motifs is 1. The number of nitrogens with one attached hydrogen (secondary N) is 1. The van der Waals surface area contributed by atoms with E-state index in [2.05, 4.69) is 26.8 Å². The number of carbonyl (C=O) groups is 1. The van der Waals surface area contributed by atoms with Gasteiger partial charge < -0.3 is 5.32 Å². The molecule has 0 saturated carbocycles. The lowest BCUT2D eigenvalue weighted by Crippen LogP contribution is -2.07. The molecule has 2 aromatic carbocycles. The summed E-state index contributed by atoms with van der Waals surface area (Å²) in [5, 5.41) is 3.36. The van der Waals surface area contributed by atoms with Crippen LogP contribution in [-0.2, 0) is 11.0 Å². The molecule has 154 valence electrons. The Bertz CT molecular complexity index is 1300. The Kier molecular flexibility index (Phi) is 5.21. The van der Waals surface area contributed by atoms with Gasteiger partial charge in [-0.25, -0.2) is 9.97 Å². The molecule has 0 saturated heterocycles. The van der Waals surface area contributed by atoms with Crippen molar-refractivity contribution in [1.29, 1.82) is 0 Å². The zero-order valence-corrected chi connectivity index (χ0v) is 16.0. The number of alkyl halides is 3. The van der Waals surface area contributed by atoms with Crippen LogP contribution in [0.15, 0.2) is 79.8 Å². The monoisotopic (exact) mass is 420 g/mol. The lowest BCUT2D eigenvalue weighted by Gasteiger charge is -2.09. The van der Waals surface area contributed by atoms with Gasteiger partial charge in [-0.3, -0.25) is 9.78 Å². The van der Waals surface area contributed by atoms with Gasteiger partial charge in [-0.05, 0) is 42.0 Å². The summed E-state index contributed by atoms with van der Waals surface area (Å²) in [7, 11) is 0. The van der Waals surface area contributed by atoms with Gasteiger partial charge in [0.15, 0.2) is 5.82 Å². The smallest absolute Gasteiger partial charge is 0.323 e. The summed E-state index contributed by atoms with van der Waals surface area (Å²) >= 11 is 0. The van der Waals surface area contributed by atoms with E-state index in [0.717, 1.165) is 12.3 Å². The fraction of sp³-hybridized carbons (Fsp3) is 0.0435. The number of aromatic nitrogens is 3. The molecule has 0 spiro atoms. The second kappa shape index (κ2) is 7.98. The Morgan fingerprint density at radius 3 is 2.58 bits per heavy atom. The molecule has 0 atom stereocenters. The van der Waals surface area contributed by atoms with Gasteiger partial charge >= 0.3 is 6.18 Å². The lowest BCUT2D eigenvalue weighted by molar-refractivity contribution is -0.137. The van der Waals surface area contributed by atoms with E-state index >= 15 is 0 Å². The van der Waals surface area contributed by atoms with Crippen LogP contribution in [0, 0.1) is 0 Å². The van der Waals surface area contributed by atoms with Gasteiger partial charge in [0.05, 0.1) is 11.1 Å². The van der Waals surface area contributed by atoms with Crippen molar-refractivity contribution in [2.24, 2.45) is 0 Å². The highest BCUT2D eigenvalue weighted by Crippen LogP contribution is 2.32. The van der Waals surface area contributed by atoms with E-state index < -0.39 is 11.7 Å². The molecular weight excluding hydrogens is 405 g/mol. The van der Waals surface area contributed by atoms with Crippen molar-refractivity contribution in [2.75, 3.05) is 5.32 Å². The maximum atomic E-state index is 13.0. The largest absolute Gasteiger partial charge is 0.417 e. The second-order valence-electron chi connectivity index (χ2n) is 6.70. The van der Waals surface area contributed by atoms with E-state index in [0.29, 0.717) is 39.1 Å². The quantitative estimate of drug-likeness (QED) is 0.443. The number of hydrogen-bond donors (Lipinski definition) is 1. The molecule has 0 radical (unpaired) electrons. The first-order valence-electron chi connectivity index (χ1n) is 9.17. The van der Waals surface area contributed by atoms with Crippen LogP contribution < -0.4 is 5.32 Å². The number of rotatable bonds is 4. The maximum Gasteiger partial charge on any atom is 0.417 e. The van der Waals surface area contributed by atoms with Crippen LogP contribution in [0.4, 0.5) is 18.9 Å². The van der Waals surface area contributed by atoms with Crippen LogP contribution in [0.3, 0.4) is 0 Å². The molecule has 0 unspecified atom stereocenters. The van der Waals surface area contributed by atoms with Crippen molar-refractivity contribution in [3.05, 3.63) is 85.3 Å². The fourth-order valence-corrected chi connectivity index (χ4v) is 3.03. The van der Waals surface area contributed by atoms with Crippen LogP contribution in [0.2, 0.25) is 0 Å². The second-order valence-corrected chi connectivity index (χ2v) is 6.70. The summed E-state index contributed by atoms with van der Waals surface area (Å²) in [5.41, 5.74) is 2.05. The number of halogens is 3. The van der Waals surface area contributed by atoms with Crippen LogP contribution in [0.25, 0.3) is 33.4 Å². The molecule has 1 N–H and O–H groups in total. The maximum absolute atomic E-state index is 13.0. The molecule has 4 aromatic rings. The van der Waals surface area contributed by atoms with Gasteiger partial charge in [-0.1, -0.05) is 24.8 Å². The summed E-state index contributed by atoms with van der Waals surface area (Å²) in [5.74, 6) is 0.129. The Morgan fingerprint density at radius 2 is 1.81 bits per heavy atom. The fourth-order valence-electron chi connectivity index (χ4n) is 3.03. The number of nitrogens with zero attached hydrogens (tertiary/aromatic N) is 3. The van der Waals surface area contributed by atoms with E-state index in [9.17, 15) is 18.0 Å². The van der Waals surface area contributed by atoms with Crippen LogP contribution >= 0.6 is 0 Å². The van der Waals surface area contributed by atoms with Gasteiger partial charge in [-0.2, -0.15) is 13.2 Å². The Labute approximate surface area is 175 Å². The number of carbonyl (C=O) groups excluding carboxylic acids is 1. The summed E-state index contributed by atoms with van der Waals surface area (Å²) in [6.07, 6.45) is 0.506. The Balaban J connectivity index is 1.67. The summed E-state index contributed by atoms with van der Waals surface area (Å²) in [6.45, 7) is 3.42. The highest BCUT2D eigenvalue weighted by molar-refractivity contribution is 5.99. The molecule has 0 aliphatic rings. The first kappa shape index (κ1) is 20.2. The van der Waals surface area contributed by atoms with Gasteiger partial charge in [-0.15, -0.1) is 0 Å². The molecule has 5 nitrogen and oxygen atoms in total. The highest BCUT2D eigenvalue weighted by atomic mass is 19.4. The van der Waals surface area contributed by atoms with Crippen LogP contribution in [0.5, 0.6) is 0 Å². The molecule has 2 aromatic heterocycles. The molecule has 0 fully saturated rings. The minimum absolute atomic E-state index is 0.326. The zero-order chi connectivity index (χ0) is 22.0. The van der Waals surface area contributed by atoms with E-state index in [4.69, 9.17) is 0 Å². The summed E-state index contributed by atoms with van der Waals surface area (Å²) < 4.78 is 38.9. The molecular formula is C23H15F3N4O. The minimum Gasteiger partial charge on any atom is -0.323 e. The van der Waals surface area contributed by atoms with Gasteiger partial charge in [0.2, 0.25) is 5.91 Å². The Morgan fingerprint density at radius 1 is 0.968 bits per heavy atom. The van der Waals surface area contributed by atoms with Crippen LogP contribution in [0.1, 0.15) is 5.56 Å².